The van der Waals surface area contributed by atoms with Crippen LogP contribution in [0, 0.1) is 19.8 Å². The van der Waals surface area contributed by atoms with E-state index in [0.717, 1.165) is 16.8 Å². The smallest absolute Gasteiger partial charge is 0.238 e. The summed E-state index contributed by atoms with van der Waals surface area (Å²) >= 11 is 1.28. The van der Waals surface area contributed by atoms with Crippen molar-refractivity contribution in [2.24, 2.45) is 11.7 Å². The maximum absolute atomic E-state index is 12.5. The van der Waals surface area contributed by atoms with Gasteiger partial charge in [-0.1, -0.05) is 17.7 Å². The summed E-state index contributed by atoms with van der Waals surface area (Å²) in [5, 5.41) is 7.99. The van der Waals surface area contributed by atoms with Gasteiger partial charge in [0.05, 0.1) is 18.7 Å². The highest BCUT2D eigenvalue weighted by Gasteiger charge is 2.26. The van der Waals surface area contributed by atoms with E-state index in [1.165, 1.54) is 11.3 Å². The zero-order valence-corrected chi connectivity index (χ0v) is 18.1. The number of nitrogens with one attached hydrogen (secondary N) is 2. The summed E-state index contributed by atoms with van der Waals surface area (Å²) in [6, 6.07) is 5.94. The number of hydrogen-bond acceptors (Lipinski definition) is 6. The second-order valence-electron chi connectivity index (χ2n) is 7.69. The Hall–Kier alpha value is -2.78. The molecule has 0 spiro atoms. The first kappa shape index (κ1) is 21.9. The van der Waals surface area contributed by atoms with Crippen LogP contribution in [0.1, 0.15) is 29.7 Å². The fourth-order valence-corrected chi connectivity index (χ4v) is 4.24. The van der Waals surface area contributed by atoms with Crippen molar-refractivity contribution in [2.75, 3.05) is 30.3 Å². The van der Waals surface area contributed by atoms with E-state index in [4.69, 9.17) is 5.73 Å². The van der Waals surface area contributed by atoms with Gasteiger partial charge in [-0.3, -0.25) is 19.3 Å². The van der Waals surface area contributed by atoms with Gasteiger partial charge in [-0.25, -0.2) is 4.98 Å². The molecule has 3 rings (SSSR count). The SMILES string of the molecule is Cc1ccc(NC(=O)CN2CCC(C(=O)Nc3nc(CC(N)=O)cs3)CC2)c(C)c1. The molecule has 3 amide bonds. The first-order chi connectivity index (χ1) is 14.3. The largest absolute Gasteiger partial charge is 0.369 e. The first-order valence-corrected chi connectivity index (χ1v) is 10.8. The summed E-state index contributed by atoms with van der Waals surface area (Å²) < 4.78 is 0. The van der Waals surface area contributed by atoms with Crippen LogP contribution in [0.2, 0.25) is 0 Å². The molecule has 0 atom stereocenters. The molecule has 2 aromatic rings. The van der Waals surface area contributed by atoms with Crippen molar-refractivity contribution in [3.63, 3.8) is 0 Å². The lowest BCUT2D eigenvalue weighted by Crippen LogP contribution is -2.41. The van der Waals surface area contributed by atoms with Gasteiger partial charge < -0.3 is 16.4 Å². The molecule has 8 nitrogen and oxygen atoms in total. The summed E-state index contributed by atoms with van der Waals surface area (Å²) in [6.07, 6.45) is 1.43. The molecule has 0 aliphatic carbocycles. The predicted octanol–water partition coefficient (Wildman–Crippen LogP) is 2.08. The van der Waals surface area contributed by atoms with Crippen molar-refractivity contribution in [1.29, 1.82) is 0 Å². The summed E-state index contributed by atoms with van der Waals surface area (Å²) in [7, 11) is 0. The number of rotatable bonds is 7. The second kappa shape index (κ2) is 9.82. The second-order valence-corrected chi connectivity index (χ2v) is 8.55. The van der Waals surface area contributed by atoms with Gasteiger partial charge in [0.25, 0.3) is 0 Å². The number of nitrogens with two attached hydrogens (primary N) is 1. The van der Waals surface area contributed by atoms with Crippen LogP contribution < -0.4 is 16.4 Å². The van der Waals surface area contributed by atoms with Gasteiger partial charge in [-0.05, 0) is 51.4 Å². The quantitative estimate of drug-likeness (QED) is 0.623. The monoisotopic (exact) mass is 429 g/mol. The van der Waals surface area contributed by atoms with E-state index < -0.39 is 5.91 Å². The lowest BCUT2D eigenvalue weighted by molar-refractivity contribution is -0.121. The number of carbonyl (C=O) groups is 3. The summed E-state index contributed by atoms with van der Waals surface area (Å²) in [5.41, 5.74) is 8.76. The fourth-order valence-electron chi connectivity index (χ4n) is 3.53. The fraction of sp³-hybridized carbons (Fsp3) is 0.429. The number of aromatic nitrogens is 1. The average Bonchev–Trinajstić information content (AvgIpc) is 3.10. The molecule has 9 heteroatoms. The van der Waals surface area contributed by atoms with Crippen molar-refractivity contribution < 1.29 is 14.4 Å². The third-order valence-corrected chi connectivity index (χ3v) is 5.93. The topological polar surface area (TPSA) is 117 Å². The summed E-state index contributed by atoms with van der Waals surface area (Å²) in [4.78, 5) is 42.1. The van der Waals surface area contributed by atoms with Crippen molar-refractivity contribution in [2.45, 2.75) is 33.1 Å². The van der Waals surface area contributed by atoms with Crippen LogP contribution in [-0.2, 0) is 20.8 Å². The van der Waals surface area contributed by atoms with Crippen molar-refractivity contribution in [3.8, 4) is 0 Å². The lowest BCUT2D eigenvalue weighted by atomic mass is 9.96. The minimum atomic E-state index is -0.452. The number of aryl methyl sites for hydroxylation is 2. The Balaban J connectivity index is 1.43. The number of benzene rings is 1. The number of thiazole rings is 1. The molecule has 1 aromatic heterocycles. The highest BCUT2D eigenvalue weighted by molar-refractivity contribution is 7.13. The van der Waals surface area contributed by atoms with E-state index in [0.29, 0.717) is 43.3 Å². The Morgan fingerprint density at radius 2 is 1.93 bits per heavy atom. The van der Waals surface area contributed by atoms with Gasteiger partial charge in [0.1, 0.15) is 0 Å². The summed E-state index contributed by atoms with van der Waals surface area (Å²) in [5.74, 6) is -0.691. The number of primary amides is 1. The molecule has 1 aliphatic rings. The van der Waals surface area contributed by atoms with Crippen molar-refractivity contribution >= 4 is 39.9 Å². The third-order valence-electron chi connectivity index (χ3n) is 5.12. The van der Waals surface area contributed by atoms with Crippen LogP contribution in [0.4, 0.5) is 10.8 Å². The van der Waals surface area contributed by atoms with Crippen LogP contribution in [-0.4, -0.2) is 47.2 Å². The average molecular weight is 430 g/mol. The molecule has 1 saturated heterocycles. The van der Waals surface area contributed by atoms with E-state index in [-0.39, 0.29) is 24.2 Å². The standard InChI is InChI=1S/C21H27N5O3S/c1-13-3-4-17(14(2)9-13)24-19(28)11-26-7-5-15(6-8-26)20(29)25-21-23-16(12-30-21)10-18(22)27/h3-4,9,12,15H,5-8,10-11H2,1-2H3,(H2,22,27)(H,24,28)(H,23,25,29). The number of amides is 3. The first-order valence-electron chi connectivity index (χ1n) is 9.93. The molecule has 4 N–H and O–H groups in total. The molecule has 0 radical (unpaired) electrons. The van der Waals surface area contributed by atoms with E-state index in [2.05, 4.69) is 20.5 Å². The molecule has 2 heterocycles. The Morgan fingerprint density at radius 1 is 1.20 bits per heavy atom. The molecular formula is C21H27N5O3S. The lowest BCUT2D eigenvalue weighted by Gasteiger charge is -2.30. The Bertz CT molecular complexity index is 934. The molecule has 1 aromatic carbocycles. The Labute approximate surface area is 179 Å². The van der Waals surface area contributed by atoms with E-state index in [1.807, 2.05) is 32.0 Å². The molecule has 0 bridgehead atoms. The van der Waals surface area contributed by atoms with Gasteiger partial charge in [-0.2, -0.15) is 0 Å². The van der Waals surface area contributed by atoms with Gasteiger partial charge in [0.2, 0.25) is 17.7 Å². The van der Waals surface area contributed by atoms with Crippen molar-refractivity contribution in [1.82, 2.24) is 9.88 Å². The number of nitrogens with zero attached hydrogens (tertiary/aromatic N) is 2. The zero-order chi connectivity index (χ0) is 21.7. The number of anilines is 2. The van der Waals surface area contributed by atoms with Crippen LogP contribution in [0.25, 0.3) is 0 Å². The van der Waals surface area contributed by atoms with E-state index in [1.54, 1.807) is 5.38 Å². The maximum Gasteiger partial charge on any atom is 0.238 e. The molecule has 0 saturated carbocycles. The predicted molar refractivity (Wildman–Crippen MR) is 117 cm³/mol. The molecule has 0 unspecified atom stereocenters. The number of carbonyl (C=O) groups excluding carboxylic acids is 3. The highest BCUT2D eigenvalue weighted by atomic mass is 32.1. The highest BCUT2D eigenvalue weighted by Crippen LogP contribution is 2.22. The Kier molecular flexibility index (Phi) is 7.17. The Morgan fingerprint density at radius 3 is 2.60 bits per heavy atom. The van der Waals surface area contributed by atoms with Crippen LogP contribution in [0.3, 0.4) is 0 Å². The van der Waals surface area contributed by atoms with Crippen LogP contribution in [0.5, 0.6) is 0 Å². The maximum atomic E-state index is 12.5. The molecule has 160 valence electrons. The zero-order valence-electron chi connectivity index (χ0n) is 17.2. The molecule has 1 aliphatic heterocycles. The van der Waals surface area contributed by atoms with E-state index >= 15 is 0 Å². The number of piperidine rings is 1. The van der Waals surface area contributed by atoms with Crippen LogP contribution in [0.15, 0.2) is 23.6 Å². The van der Waals surface area contributed by atoms with Gasteiger partial charge in [-0.15, -0.1) is 11.3 Å². The van der Waals surface area contributed by atoms with Crippen molar-refractivity contribution in [3.05, 3.63) is 40.4 Å². The van der Waals surface area contributed by atoms with Gasteiger partial charge in [0.15, 0.2) is 5.13 Å². The van der Waals surface area contributed by atoms with Gasteiger partial charge in [0, 0.05) is 17.0 Å². The van der Waals surface area contributed by atoms with E-state index in [9.17, 15) is 14.4 Å². The molecular weight excluding hydrogens is 402 g/mol. The minimum absolute atomic E-state index is 0.0466. The molecule has 1 fully saturated rings. The number of hydrogen-bond donors (Lipinski definition) is 3. The summed E-state index contributed by atoms with van der Waals surface area (Å²) in [6.45, 7) is 5.68. The number of likely N-dealkylation sites (tertiary alicyclic amines) is 1. The van der Waals surface area contributed by atoms with Crippen LogP contribution >= 0.6 is 11.3 Å². The van der Waals surface area contributed by atoms with Gasteiger partial charge >= 0.3 is 0 Å². The third kappa shape index (κ3) is 6.11. The normalized spacial score (nSPS) is 15.0. The minimum Gasteiger partial charge on any atom is -0.369 e. The molecule has 30 heavy (non-hydrogen) atoms.